The summed E-state index contributed by atoms with van der Waals surface area (Å²) in [6.07, 6.45) is 8.68. The molecule has 0 aliphatic heterocycles. The minimum atomic E-state index is -0.537. The van der Waals surface area contributed by atoms with Crippen LogP contribution in [0.15, 0.2) is 104 Å². The van der Waals surface area contributed by atoms with E-state index < -0.39 is 6.10 Å². The Balaban J connectivity index is 1.69. The van der Waals surface area contributed by atoms with E-state index in [0.717, 1.165) is 41.9 Å². The minimum absolute atomic E-state index is 0.000302. The largest absolute Gasteiger partial charge is 0.497 e. The number of aliphatic hydroxyl groups is 1. The second-order valence-corrected chi connectivity index (χ2v) is 9.58. The summed E-state index contributed by atoms with van der Waals surface area (Å²) in [5.41, 5.74) is 3.47. The van der Waals surface area contributed by atoms with Gasteiger partial charge in [-0.05, 0) is 66.6 Å². The number of rotatable bonds is 18. The van der Waals surface area contributed by atoms with Crippen LogP contribution >= 0.6 is 0 Å². The number of methoxy groups -OCH3 is 2. The van der Waals surface area contributed by atoms with Crippen molar-refractivity contribution in [3.8, 4) is 11.5 Å². The van der Waals surface area contributed by atoms with E-state index in [2.05, 4.69) is 30.8 Å². The second-order valence-electron chi connectivity index (χ2n) is 9.58. The van der Waals surface area contributed by atoms with Gasteiger partial charge >= 0.3 is 0 Å². The highest BCUT2D eigenvalue weighted by molar-refractivity contribution is 5.27. The predicted octanol–water partition coefficient (Wildman–Crippen LogP) is 7.08. The lowest BCUT2D eigenvalue weighted by Gasteiger charge is -2.24. The lowest BCUT2D eigenvalue weighted by Crippen LogP contribution is -2.24. The topological polar surface area (TPSA) is 57.2 Å². The molecule has 0 heterocycles. The van der Waals surface area contributed by atoms with Crippen molar-refractivity contribution in [3.05, 3.63) is 120 Å². The Morgan fingerprint density at radius 3 is 1.82 bits per heavy atom. The summed E-state index contributed by atoms with van der Waals surface area (Å²) < 4.78 is 23.5. The molecule has 3 aromatic carbocycles. The standard InChI is InChI=1S/C34H42O5/c1-4-9-30(35)12-8-13-33(38-25-28-15-19-31(36-2)20-16-28)24-34(23-14-27-10-6-5-7-11-27)39-26-29-17-21-32(37-3)22-18-29/h4-8,10-12,15-22,30,33-35H,1,9,13-14,23-26H2,2-3H3/b12-8+/t30-,33+,34+/m1/s1. The van der Waals surface area contributed by atoms with E-state index in [-0.39, 0.29) is 12.2 Å². The zero-order valence-corrected chi connectivity index (χ0v) is 23.2. The molecule has 0 bridgehead atoms. The second kappa shape index (κ2) is 17.3. The van der Waals surface area contributed by atoms with Crippen LogP contribution in [0.2, 0.25) is 0 Å². The summed E-state index contributed by atoms with van der Waals surface area (Å²) in [6, 6.07) is 26.4. The zero-order valence-electron chi connectivity index (χ0n) is 23.2. The summed E-state index contributed by atoms with van der Waals surface area (Å²) in [5.74, 6) is 1.65. The quantitative estimate of drug-likeness (QED) is 0.178. The van der Waals surface area contributed by atoms with Crippen LogP contribution in [-0.4, -0.2) is 37.6 Å². The van der Waals surface area contributed by atoms with Gasteiger partial charge in [0.1, 0.15) is 11.5 Å². The van der Waals surface area contributed by atoms with E-state index in [1.807, 2.05) is 66.7 Å². The molecular formula is C34H42O5. The van der Waals surface area contributed by atoms with E-state index in [4.69, 9.17) is 18.9 Å². The van der Waals surface area contributed by atoms with E-state index in [1.54, 1.807) is 20.3 Å². The Morgan fingerprint density at radius 1 is 0.718 bits per heavy atom. The molecule has 0 aromatic heterocycles. The van der Waals surface area contributed by atoms with Crippen molar-refractivity contribution >= 4 is 0 Å². The smallest absolute Gasteiger partial charge is 0.118 e. The van der Waals surface area contributed by atoms with Gasteiger partial charge in [-0.3, -0.25) is 0 Å². The van der Waals surface area contributed by atoms with Crippen LogP contribution in [0.3, 0.4) is 0 Å². The molecular weight excluding hydrogens is 488 g/mol. The predicted molar refractivity (Wildman–Crippen MR) is 157 cm³/mol. The molecule has 0 aliphatic carbocycles. The van der Waals surface area contributed by atoms with Crippen molar-refractivity contribution in [1.29, 1.82) is 0 Å². The number of benzene rings is 3. The molecule has 0 saturated heterocycles. The van der Waals surface area contributed by atoms with Crippen molar-refractivity contribution in [1.82, 2.24) is 0 Å². The number of aryl methyl sites for hydroxylation is 1. The monoisotopic (exact) mass is 530 g/mol. The van der Waals surface area contributed by atoms with Gasteiger partial charge in [-0.2, -0.15) is 0 Å². The molecule has 5 nitrogen and oxygen atoms in total. The van der Waals surface area contributed by atoms with Crippen LogP contribution in [0.4, 0.5) is 0 Å². The summed E-state index contributed by atoms with van der Waals surface area (Å²) >= 11 is 0. The van der Waals surface area contributed by atoms with E-state index in [0.29, 0.717) is 26.1 Å². The first-order valence-electron chi connectivity index (χ1n) is 13.6. The van der Waals surface area contributed by atoms with Crippen molar-refractivity contribution in [2.45, 2.75) is 63.6 Å². The van der Waals surface area contributed by atoms with Crippen LogP contribution in [0, 0.1) is 0 Å². The molecule has 1 N–H and O–H groups in total. The van der Waals surface area contributed by atoms with E-state index in [1.165, 1.54) is 5.56 Å². The highest BCUT2D eigenvalue weighted by Gasteiger charge is 2.18. The van der Waals surface area contributed by atoms with Gasteiger partial charge in [-0.15, -0.1) is 6.58 Å². The van der Waals surface area contributed by atoms with Crippen LogP contribution in [0.1, 0.15) is 42.4 Å². The third kappa shape index (κ3) is 11.5. The Bertz CT molecular complexity index is 1090. The van der Waals surface area contributed by atoms with Crippen molar-refractivity contribution in [2.24, 2.45) is 0 Å². The average molecular weight is 531 g/mol. The maximum Gasteiger partial charge on any atom is 0.118 e. The number of ether oxygens (including phenoxy) is 4. The normalized spacial score (nSPS) is 13.6. The Kier molecular flexibility index (Phi) is 13.3. The summed E-state index contributed by atoms with van der Waals surface area (Å²) in [6.45, 7) is 4.71. The van der Waals surface area contributed by atoms with Crippen molar-refractivity contribution in [2.75, 3.05) is 14.2 Å². The molecule has 0 spiro atoms. The number of hydrogen-bond donors (Lipinski definition) is 1. The van der Waals surface area contributed by atoms with Gasteiger partial charge in [-0.1, -0.05) is 72.8 Å². The third-order valence-corrected chi connectivity index (χ3v) is 6.58. The summed E-state index contributed by atoms with van der Waals surface area (Å²) in [4.78, 5) is 0. The first-order valence-corrected chi connectivity index (χ1v) is 13.6. The molecule has 0 unspecified atom stereocenters. The molecule has 208 valence electrons. The molecule has 3 aromatic rings. The highest BCUT2D eigenvalue weighted by Crippen LogP contribution is 2.21. The summed E-state index contributed by atoms with van der Waals surface area (Å²) in [7, 11) is 3.33. The maximum absolute atomic E-state index is 10.1. The van der Waals surface area contributed by atoms with Crippen LogP contribution in [-0.2, 0) is 29.1 Å². The van der Waals surface area contributed by atoms with Crippen LogP contribution < -0.4 is 9.47 Å². The fourth-order valence-corrected chi connectivity index (χ4v) is 4.28. The molecule has 3 atom stereocenters. The minimum Gasteiger partial charge on any atom is -0.497 e. The van der Waals surface area contributed by atoms with Gasteiger partial charge in [0.2, 0.25) is 0 Å². The van der Waals surface area contributed by atoms with Crippen LogP contribution in [0.25, 0.3) is 0 Å². The fourth-order valence-electron chi connectivity index (χ4n) is 4.28. The Hall–Kier alpha value is -3.38. The highest BCUT2D eigenvalue weighted by atomic mass is 16.5. The number of hydrogen-bond acceptors (Lipinski definition) is 5. The van der Waals surface area contributed by atoms with Gasteiger partial charge in [0.15, 0.2) is 0 Å². The molecule has 0 aliphatic rings. The average Bonchev–Trinajstić information content (AvgIpc) is 2.98. The van der Waals surface area contributed by atoms with Gasteiger partial charge in [0.05, 0.1) is 45.7 Å². The van der Waals surface area contributed by atoms with Gasteiger partial charge in [0.25, 0.3) is 0 Å². The Morgan fingerprint density at radius 2 is 1.28 bits per heavy atom. The molecule has 5 heteroatoms. The van der Waals surface area contributed by atoms with Gasteiger partial charge < -0.3 is 24.1 Å². The molecule has 3 rings (SSSR count). The van der Waals surface area contributed by atoms with Crippen LogP contribution in [0.5, 0.6) is 11.5 Å². The molecule has 0 fully saturated rings. The molecule has 0 radical (unpaired) electrons. The van der Waals surface area contributed by atoms with Gasteiger partial charge in [-0.25, -0.2) is 0 Å². The van der Waals surface area contributed by atoms with Crippen molar-refractivity contribution in [3.63, 3.8) is 0 Å². The van der Waals surface area contributed by atoms with E-state index >= 15 is 0 Å². The molecule has 0 saturated carbocycles. The fraction of sp³-hybridized carbons (Fsp3) is 0.353. The molecule has 0 amide bonds. The lowest BCUT2D eigenvalue weighted by molar-refractivity contribution is -0.0309. The van der Waals surface area contributed by atoms with Crippen molar-refractivity contribution < 1.29 is 24.1 Å². The lowest BCUT2D eigenvalue weighted by atomic mass is 10.0. The summed E-state index contributed by atoms with van der Waals surface area (Å²) in [5, 5.41) is 10.1. The maximum atomic E-state index is 10.1. The van der Waals surface area contributed by atoms with E-state index in [9.17, 15) is 5.11 Å². The first kappa shape index (κ1) is 30.2. The third-order valence-electron chi connectivity index (χ3n) is 6.58. The zero-order chi connectivity index (χ0) is 27.7. The SMILES string of the molecule is C=CC[C@@H](O)/C=C/C[C@@H](C[C@H](CCc1ccccc1)OCc1ccc(OC)cc1)OCc1ccc(OC)cc1. The Labute approximate surface area is 233 Å². The van der Waals surface area contributed by atoms with Gasteiger partial charge in [0, 0.05) is 6.42 Å². The first-order chi connectivity index (χ1) is 19.1. The number of aliphatic hydroxyl groups excluding tert-OH is 1. The molecule has 39 heavy (non-hydrogen) atoms.